The molecule has 3 amide bonds. The number of urea groups is 1. The van der Waals surface area contributed by atoms with Crippen LogP contribution in [0, 0.1) is 13.8 Å². The lowest BCUT2D eigenvalue weighted by atomic mass is 10.1. The highest BCUT2D eigenvalue weighted by atomic mass is 16.5. The number of aryl methyl sites for hydroxylation is 2. The number of amides is 3. The van der Waals surface area contributed by atoms with Crippen molar-refractivity contribution >= 4 is 17.6 Å². The van der Waals surface area contributed by atoms with Gasteiger partial charge < -0.3 is 14.5 Å². The van der Waals surface area contributed by atoms with E-state index in [0.29, 0.717) is 32.2 Å². The van der Waals surface area contributed by atoms with Gasteiger partial charge in [-0.05, 0) is 44.9 Å². The Morgan fingerprint density at radius 1 is 1.10 bits per heavy atom. The number of carbonyl (C=O) groups is 2. The lowest BCUT2D eigenvalue weighted by molar-refractivity contribution is -0.134. The molecule has 2 aliphatic heterocycles. The van der Waals surface area contributed by atoms with E-state index in [1.807, 2.05) is 50.2 Å². The first kappa shape index (κ1) is 20.1. The molecule has 1 atom stereocenters. The number of benzene rings is 1. The van der Waals surface area contributed by atoms with Crippen molar-refractivity contribution in [3.8, 4) is 6.01 Å². The molecule has 3 heterocycles. The summed E-state index contributed by atoms with van der Waals surface area (Å²) in [6, 6.07) is 11.7. The average molecular weight is 409 g/mol. The van der Waals surface area contributed by atoms with E-state index in [9.17, 15) is 9.59 Å². The molecule has 8 heteroatoms. The Labute approximate surface area is 176 Å². The number of ether oxygens (including phenoxy) is 1. The maximum absolute atomic E-state index is 12.9. The van der Waals surface area contributed by atoms with Gasteiger partial charge in [0, 0.05) is 36.7 Å². The van der Waals surface area contributed by atoms with E-state index in [-0.39, 0.29) is 24.6 Å². The fourth-order valence-electron chi connectivity index (χ4n) is 4.00. The first-order valence-electron chi connectivity index (χ1n) is 10.4. The van der Waals surface area contributed by atoms with Crippen LogP contribution < -0.4 is 9.64 Å². The van der Waals surface area contributed by atoms with Gasteiger partial charge in [0.05, 0.1) is 6.54 Å². The van der Waals surface area contributed by atoms with Crippen molar-refractivity contribution < 1.29 is 14.3 Å². The van der Waals surface area contributed by atoms with Crippen molar-refractivity contribution in [2.45, 2.75) is 32.8 Å². The van der Waals surface area contributed by atoms with Crippen molar-refractivity contribution in [2.24, 2.45) is 0 Å². The first-order valence-corrected chi connectivity index (χ1v) is 10.4. The zero-order valence-electron chi connectivity index (χ0n) is 17.5. The third-order valence-electron chi connectivity index (χ3n) is 5.45. The van der Waals surface area contributed by atoms with E-state index in [2.05, 4.69) is 9.97 Å². The van der Waals surface area contributed by atoms with E-state index < -0.39 is 0 Å². The molecule has 1 aromatic heterocycles. The van der Waals surface area contributed by atoms with Crippen LogP contribution in [-0.4, -0.2) is 70.5 Å². The smallest absolute Gasteiger partial charge is 0.325 e. The minimum atomic E-state index is -0.140. The molecular formula is C22H27N5O3. The fraction of sp³-hybridized carbons (Fsp3) is 0.455. The summed E-state index contributed by atoms with van der Waals surface area (Å²) in [5, 5.41) is 0. The fourth-order valence-corrected chi connectivity index (χ4v) is 4.00. The van der Waals surface area contributed by atoms with Crippen molar-refractivity contribution in [1.29, 1.82) is 0 Å². The second-order valence-electron chi connectivity index (χ2n) is 7.85. The molecule has 0 bridgehead atoms. The summed E-state index contributed by atoms with van der Waals surface area (Å²) >= 11 is 0. The molecule has 2 fully saturated rings. The molecule has 1 unspecified atom stereocenters. The van der Waals surface area contributed by atoms with E-state index in [1.54, 1.807) is 14.7 Å². The summed E-state index contributed by atoms with van der Waals surface area (Å²) in [6.45, 7) is 6.20. The van der Waals surface area contributed by atoms with Crippen molar-refractivity contribution in [2.75, 3.05) is 37.6 Å². The molecule has 8 nitrogen and oxygen atoms in total. The molecule has 2 aromatic rings. The topological polar surface area (TPSA) is 78.9 Å². The van der Waals surface area contributed by atoms with Crippen LogP contribution in [0.25, 0.3) is 0 Å². The van der Waals surface area contributed by atoms with Crippen LogP contribution >= 0.6 is 0 Å². The maximum Gasteiger partial charge on any atom is 0.325 e. The molecule has 0 saturated carbocycles. The van der Waals surface area contributed by atoms with Crippen LogP contribution in [0.5, 0.6) is 6.01 Å². The molecule has 4 rings (SSSR count). The standard InChI is InChI=1S/C22H27N5O3/c1-16-13-17(2)24-21(23-16)30-19-9-6-10-25(14-19)20(28)15-26-11-12-27(22(26)29)18-7-4-3-5-8-18/h3-5,7-8,13,19H,6,9-12,14-15H2,1-2H3. The minimum Gasteiger partial charge on any atom is -0.458 e. The van der Waals surface area contributed by atoms with Gasteiger partial charge in [-0.2, -0.15) is 0 Å². The van der Waals surface area contributed by atoms with Gasteiger partial charge in [-0.1, -0.05) is 18.2 Å². The van der Waals surface area contributed by atoms with E-state index in [1.165, 1.54) is 0 Å². The van der Waals surface area contributed by atoms with Crippen LogP contribution in [0.15, 0.2) is 36.4 Å². The molecule has 30 heavy (non-hydrogen) atoms. The van der Waals surface area contributed by atoms with Gasteiger partial charge in [-0.25, -0.2) is 14.8 Å². The Hall–Kier alpha value is -3.16. The van der Waals surface area contributed by atoms with Gasteiger partial charge in [0.1, 0.15) is 12.6 Å². The number of piperidine rings is 1. The summed E-state index contributed by atoms with van der Waals surface area (Å²) in [5.41, 5.74) is 2.57. The number of hydrogen-bond acceptors (Lipinski definition) is 5. The number of hydrogen-bond donors (Lipinski definition) is 0. The second kappa shape index (κ2) is 8.69. The molecule has 158 valence electrons. The molecule has 2 saturated heterocycles. The zero-order valence-corrected chi connectivity index (χ0v) is 17.5. The highest BCUT2D eigenvalue weighted by Gasteiger charge is 2.33. The predicted octanol–water partition coefficient (Wildman–Crippen LogP) is 2.41. The van der Waals surface area contributed by atoms with Crippen LogP contribution in [-0.2, 0) is 4.79 Å². The molecule has 2 aliphatic rings. The van der Waals surface area contributed by atoms with Crippen molar-refractivity contribution in [1.82, 2.24) is 19.8 Å². The highest BCUT2D eigenvalue weighted by Crippen LogP contribution is 2.21. The number of likely N-dealkylation sites (tertiary alicyclic amines) is 1. The Balaban J connectivity index is 1.34. The van der Waals surface area contributed by atoms with Gasteiger partial charge in [0.25, 0.3) is 0 Å². The SMILES string of the molecule is Cc1cc(C)nc(OC2CCCN(C(=O)CN3CCN(c4ccccc4)C3=O)C2)n1. The van der Waals surface area contributed by atoms with Crippen molar-refractivity contribution in [3.63, 3.8) is 0 Å². The normalized spacial score (nSPS) is 19.3. The number of nitrogens with zero attached hydrogens (tertiary/aromatic N) is 5. The van der Waals surface area contributed by atoms with E-state index in [4.69, 9.17) is 4.74 Å². The van der Waals surface area contributed by atoms with Crippen LogP contribution in [0.1, 0.15) is 24.2 Å². The quantitative estimate of drug-likeness (QED) is 0.758. The maximum atomic E-state index is 12.9. The van der Waals surface area contributed by atoms with Gasteiger partial charge in [0.2, 0.25) is 5.91 Å². The lowest BCUT2D eigenvalue weighted by Gasteiger charge is -2.33. The number of anilines is 1. The third-order valence-corrected chi connectivity index (χ3v) is 5.45. The van der Waals surface area contributed by atoms with E-state index in [0.717, 1.165) is 29.9 Å². The first-order chi connectivity index (χ1) is 14.5. The van der Waals surface area contributed by atoms with Gasteiger partial charge >= 0.3 is 12.0 Å². The number of carbonyl (C=O) groups excluding carboxylic acids is 2. The summed E-state index contributed by atoms with van der Waals surface area (Å²) in [6.07, 6.45) is 1.56. The molecule has 0 spiro atoms. The van der Waals surface area contributed by atoms with Gasteiger partial charge in [-0.3, -0.25) is 9.69 Å². The number of aromatic nitrogens is 2. The molecule has 0 radical (unpaired) electrons. The summed E-state index contributed by atoms with van der Waals surface area (Å²) < 4.78 is 5.96. The molecular weight excluding hydrogens is 382 g/mol. The number of para-hydroxylation sites is 1. The summed E-state index contributed by atoms with van der Waals surface area (Å²) in [7, 11) is 0. The summed E-state index contributed by atoms with van der Waals surface area (Å²) in [5.74, 6) is -0.0482. The van der Waals surface area contributed by atoms with Gasteiger partial charge in [-0.15, -0.1) is 0 Å². The van der Waals surface area contributed by atoms with Crippen molar-refractivity contribution in [3.05, 3.63) is 47.8 Å². The zero-order chi connectivity index (χ0) is 21.1. The second-order valence-corrected chi connectivity index (χ2v) is 7.85. The minimum absolute atomic E-state index is 0.0482. The Morgan fingerprint density at radius 3 is 2.57 bits per heavy atom. The predicted molar refractivity (Wildman–Crippen MR) is 112 cm³/mol. The Morgan fingerprint density at radius 2 is 1.83 bits per heavy atom. The Kier molecular flexibility index (Phi) is 5.83. The highest BCUT2D eigenvalue weighted by molar-refractivity contribution is 5.96. The number of rotatable bonds is 5. The van der Waals surface area contributed by atoms with E-state index >= 15 is 0 Å². The Bertz CT molecular complexity index is 900. The largest absolute Gasteiger partial charge is 0.458 e. The van der Waals surface area contributed by atoms with Crippen LogP contribution in [0.4, 0.5) is 10.5 Å². The monoisotopic (exact) mass is 409 g/mol. The summed E-state index contributed by atoms with van der Waals surface area (Å²) in [4.78, 5) is 39.4. The van der Waals surface area contributed by atoms with Crippen LogP contribution in [0.2, 0.25) is 0 Å². The molecule has 0 N–H and O–H groups in total. The molecule has 1 aromatic carbocycles. The average Bonchev–Trinajstić information content (AvgIpc) is 3.08. The van der Waals surface area contributed by atoms with Crippen LogP contribution in [0.3, 0.4) is 0 Å². The lowest BCUT2D eigenvalue weighted by Crippen LogP contribution is -2.48. The molecule has 0 aliphatic carbocycles. The third kappa shape index (κ3) is 4.53. The van der Waals surface area contributed by atoms with Gasteiger partial charge in [0.15, 0.2) is 0 Å².